The molecule has 0 spiro atoms. The van der Waals surface area contributed by atoms with Gasteiger partial charge in [0.2, 0.25) is 0 Å². The molecule has 2 heterocycles. The van der Waals surface area contributed by atoms with Gasteiger partial charge in [0, 0.05) is 39.6 Å². The van der Waals surface area contributed by atoms with E-state index in [4.69, 9.17) is 19.4 Å². The van der Waals surface area contributed by atoms with E-state index in [1.54, 1.807) is 0 Å². The van der Waals surface area contributed by atoms with Gasteiger partial charge in [-0.2, -0.15) is 0 Å². The van der Waals surface area contributed by atoms with Crippen molar-refractivity contribution in [2.24, 2.45) is 0 Å². The Kier molecular flexibility index (Phi) is 7.27. The van der Waals surface area contributed by atoms with E-state index in [1.807, 2.05) is 18.2 Å². The predicted octanol–water partition coefficient (Wildman–Crippen LogP) is 13.4. The SMILES string of the molecule is C1=Cc2c(oc3c(-c4ccc5ccccc5c4)ccc(-c4nc(-c5ccccc5)nc(-c5ccc6c(ccc7cc(-c8ccccc8)ccc76)c5)n4)c23)CC1. The molecule has 55 heavy (non-hydrogen) atoms. The molecule has 0 saturated carbocycles. The van der Waals surface area contributed by atoms with Crippen molar-refractivity contribution < 1.29 is 4.42 Å². The van der Waals surface area contributed by atoms with Crippen LogP contribution in [-0.4, -0.2) is 15.0 Å². The zero-order valence-corrected chi connectivity index (χ0v) is 29.9. The average Bonchev–Trinajstić information content (AvgIpc) is 3.66. The summed E-state index contributed by atoms with van der Waals surface area (Å²) in [5.41, 5.74) is 9.37. The molecule has 10 aromatic rings. The molecule has 4 nitrogen and oxygen atoms in total. The first-order valence-corrected chi connectivity index (χ1v) is 18.8. The van der Waals surface area contributed by atoms with E-state index in [0.717, 1.165) is 68.3 Å². The number of aromatic nitrogens is 3. The highest BCUT2D eigenvalue weighted by atomic mass is 16.3. The van der Waals surface area contributed by atoms with Gasteiger partial charge in [-0.3, -0.25) is 0 Å². The summed E-state index contributed by atoms with van der Waals surface area (Å²) in [5.74, 6) is 2.88. The zero-order chi connectivity index (χ0) is 36.3. The summed E-state index contributed by atoms with van der Waals surface area (Å²) < 4.78 is 6.77. The summed E-state index contributed by atoms with van der Waals surface area (Å²) in [5, 5.41) is 8.21. The van der Waals surface area contributed by atoms with E-state index in [9.17, 15) is 0 Å². The number of aryl methyl sites for hydroxylation is 1. The Balaban J connectivity index is 1.08. The van der Waals surface area contributed by atoms with Gasteiger partial charge in [-0.15, -0.1) is 0 Å². The van der Waals surface area contributed by atoms with Crippen molar-refractivity contribution in [3.63, 3.8) is 0 Å². The maximum absolute atomic E-state index is 6.77. The van der Waals surface area contributed by atoms with Crippen LogP contribution in [0.1, 0.15) is 17.7 Å². The molecule has 1 aliphatic carbocycles. The number of hydrogen-bond acceptors (Lipinski definition) is 4. The largest absolute Gasteiger partial charge is 0.460 e. The number of nitrogens with zero attached hydrogens (tertiary/aromatic N) is 3. The quantitative estimate of drug-likeness (QED) is 0.167. The third-order valence-corrected chi connectivity index (χ3v) is 10.9. The molecule has 0 amide bonds. The minimum atomic E-state index is 0.619. The smallest absolute Gasteiger partial charge is 0.164 e. The van der Waals surface area contributed by atoms with Crippen LogP contribution in [0, 0.1) is 0 Å². The second-order valence-corrected chi connectivity index (χ2v) is 14.3. The fourth-order valence-electron chi connectivity index (χ4n) is 8.18. The van der Waals surface area contributed by atoms with Gasteiger partial charge in [-0.05, 0) is 85.8 Å². The fourth-order valence-corrected chi connectivity index (χ4v) is 8.18. The third-order valence-electron chi connectivity index (χ3n) is 10.9. The van der Waals surface area contributed by atoms with Crippen molar-refractivity contribution in [3.8, 4) is 56.4 Å². The zero-order valence-electron chi connectivity index (χ0n) is 29.9. The van der Waals surface area contributed by atoms with Crippen molar-refractivity contribution in [1.82, 2.24) is 15.0 Å². The molecule has 0 atom stereocenters. The molecule has 0 fully saturated rings. The van der Waals surface area contributed by atoms with Gasteiger partial charge in [0.05, 0.1) is 0 Å². The lowest BCUT2D eigenvalue weighted by molar-refractivity contribution is 0.547. The lowest BCUT2D eigenvalue weighted by Crippen LogP contribution is -2.01. The van der Waals surface area contributed by atoms with Gasteiger partial charge in [0.25, 0.3) is 0 Å². The molecular formula is C51H33N3O. The average molecular weight is 704 g/mol. The first-order chi connectivity index (χ1) is 27.2. The van der Waals surface area contributed by atoms with Crippen molar-refractivity contribution in [2.45, 2.75) is 12.8 Å². The van der Waals surface area contributed by atoms with Crippen LogP contribution in [0.2, 0.25) is 0 Å². The van der Waals surface area contributed by atoms with E-state index < -0.39 is 0 Å². The van der Waals surface area contributed by atoms with E-state index in [2.05, 4.69) is 158 Å². The Labute approximate surface area is 318 Å². The van der Waals surface area contributed by atoms with E-state index in [-0.39, 0.29) is 0 Å². The molecule has 0 radical (unpaired) electrons. The number of hydrogen-bond donors (Lipinski definition) is 0. The molecule has 0 saturated heterocycles. The number of allylic oxidation sites excluding steroid dienone is 1. The van der Waals surface area contributed by atoms with Gasteiger partial charge in [0.1, 0.15) is 11.3 Å². The second kappa shape index (κ2) is 12.8. The number of fused-ring (bicyclic) bond motifs is 7. The molecular weight excluding hydrogens is 671 g/mol. The Morgan fingerprint density at radius 3 is 1.78 bits per heavy atom. The summed E-state index contributed by atoms with van der Waals surface area (Å²) >= 11 is 0. The molecule has 0 unspecified atom stereocenters. The topological polar surface area (TPSA) is 51.8 Å². The van der Waals surface area contributed by atoms with Gasteiger partial charge in [-0.1, -0.05) is 146 Å². The Hall–Kier alpha value is -7.17. The standard InChI is InChI=1S/C51H33N3O/c1-3-11-32(12-4-1)36-23-25-41-37(30-36)21-22-38-31-40(24-26-42(38)41)50-52-49(34-14-5-2-6-15-34)53-51(54-50)45-28-27-43(39-20-19-33-13-7-8-16-35(33)29-39)48-47(45)44-17-9-10-18-46(44)55-48/h1-9,11-17,19-31H,10,18H2. The number of benzene rings is 8. The summed E-state index contributed by atoms with van der Waals surface area (Å²) in [6, 6.07) is 57.8. The highest BCUT2D eigenvalue weighted by Gasteiger charge is 2.24. The van der Waals surface area contributed by atoms with Gasteiger partial charge in [0.15, 0.2) is 17.5 Å². The molecule has 1 aliphatic rings. The lowest BCUT2D eigenvalue weighted by atomic mass is 9.94. The molecule has 0 bridgehead atoms. The summed E-state index contributed by atoms with van der Waals surface area (Å²) in [4.78, 5) is 15.5. The highest BCUT2D eigenvalue weighted by Crippen LogP contribution is 2.43. The maximum atomic E-state index is 6.77. The molecule has 0 aliphatic heterocycles. The van der Waals surface area contributed by atoms with Gasteiger partial charge >= 0.3 is 0 Å². The van der Waals surface area contributed by atoms with E-state index >= 15 is 0 Å². The van der Waals surface area contributed by atoms with Crippen LogP contribution in [0.15, 0.2) is 174 Å². The summed E-state index contributed by atoms with van der Waals surface area (Å²) in [7, 11) is 0. The lowest BCUT2D eigenvalue weighted by Gasteiger charge is -2.12. The highest BCUT2D eigenvalue weighted by molar-refractivity contribution is 6.10. The molecule has 0 N–H and O–H groups in total. The van der Waals surface area contributed by atoms with Gasteiger partial charge < -0.3 is 4.42 Å². The van der Waals surface area contributed by atoms with Crippen LogP contribution < -0.4 is 0 Å². The molecule has 4 heteroatoms. The summed E-state index contributed by atoms with van der Waals surface area (Å²) in [6.07, 6.45) is 6.25. The third kappa shape index (κ3) is 5.42. The first-order valence-electron chi connectivity index (χ1n) is 18.8. The molecule has 2 aromatic heterocycles. The van der Waals surface area contributed by atoms with E-state index in [0.29, 0.717) is 17.5 Å². The van der Waals surface area contributed by atoms with E-state index in [1.165, 1.54) is 38.1 Å². The Bertz CT molecular complexity index is 3140. The first kappa shape index (κ1) is 31.4. The summed E-state index contributed by atoms with van der Waals surface area (Å²) in [6.45, 7) is 0. The van der Waals surface area contributed by atoms with Crippen LogP contribution in [-0.2, 0) is 6.42 Å². The normalized spacial score (nSPS) is 12.5. The minimum absolute atomic E-state index is 0.619. The van der Waals surface area contributed by atoms with Crippen molar-refractivity contribution in [3.05, 3.63) is 181 Å². The van der Waals surface area contributed by atoms with Crippen LogP contribution in [0.25, 0.3) is 106 Å². The maximum Gasteiger partial charge on any atom is 0.164 e. The number of furan rings is 1. The van der Waals surface area contributed by atoms with Crippen LogP contribution in [0.5, 0.6) is 0 Å². The molecule has 8 aromatic carbocycles. The fraction of sp³-hybridized carbons (Fsp3) is 0.0392. The van der Waals surface area contributed by atoms with Crippen molar-refractivity contribution in [1.29, 1.82) is 0 Å². The van der Waals surface area contributed by atoms with Gasteiger partial charge in [-0.25, -0.2) is 15.0 Å². The monoisotopic (exact) mass is 703 g/mol. The van der Waals surface area contributed by atoms with Crippen LogP contribution in [0.3, 0.4) is 0 Å². The molecule has 258 valence electrons. The van der Waals surface area contributed by atoms with Crippen LogP contribution in [0.4, 0.5) is 0 Å². The van der Waals surface area contributed by atoms with Crippen molar-refractivity contribution >= 4 is 49.4 Å². The number of rotatable bonds is 5. The Morgan fingerprint density at radius 2 is 1.00 bits per heavy atom. The van der Waals surface area contributed by atoms with Crippen LogP contribution >= 0.6 is 0 Å². The minimum Gasteiger partial charge on any atom is -0.460 e. The molecule has 11 rings (SSSR count). The second-order valence-electron chi connectivity index (χ2n) is 14.3. The van der Waals surface area contributed by atoms with Crippen molar-refractivity contribution in [2.75, 3.05) is 0 Å². The predicted molar refractivity (Wildman–Crippen MR) is 227 cm³/mol. The Morgan fingerprint density at radius 1 is 0.418 bits per heavy atom.